The van der Waals surface area contributed by atoms with Crippen LogP contribution in [0.3, 0.4) is 0 Å². The van der Waals surface area contributed by atoms with Crippen LogP contribution >= 0.6 is 0 Å². The number of ether oxygens (including phenoxy) is 5. The molecule has 0 aliphatic carbocycles. The highest BCUT2D eigenvalue weighted by atomic mass is 16.5. The minimum absolute atomic E-state index is 0.0307. The first-order valence-corrected chi connectivity index (χ1v) is 25.5. The molecule has 0 amide bonds. The molecule has 0 fully saturated rings. The quantitative estimate of drug-likeness (QED) is 0.140. The van der Waals surface area contributed by atoms with Gasteiger partial charge in [-0.15, -0.1) is 0 Å². The van der Waals surface area contributed by atoms with Gasteiger partial charge >= 0.3 is 5.97 Å². The van der Waals surface area contributed by atoms with E-state index in [2.05, 4.69) is 9.98 Å². The predicted molar refractivity (Wildman–Crippen MR) is 283 cm³/mol. The van der Waals surface area contributed by atoms with Crippen molar-refractivity contribution in [3.05, 3.63) is 71.8 Å². The number of aliphatic hydroxyl groups is 1. The van der Waals surface area contributed by atoms with Crippen molar-refractivity contribution in [2.75, 3.05) is 39.6 Å². The van der Waals surface area contributed by atoms with Crippen molar-refractivity contribution >= 4 is 17.8 Å². The molecule has 2 aliphatic heterocycles. The first kappa shape index (κ1) is 80.1. The number of carbonyl (C=O) groups is 1. The number of carbonyl (C=O) groups excluding carboxylic acids is 1. The van der Waals surface area contributed by atoms with Crippen molar-refractivity contribution in [3.8, 4) is 0 Å². The molecule has 0 saturated heterocycles. The highest BCUT2D eigenvalue weighted by molar-refractivity contribution is 5.95. The van der Waals surface area contributed by atoms with Crippen molar-refractivity contribution in [3.63, 3.8) is 0 Å². The highest BCUT2D eigenvalue weighted by Gasteiger charge is 2.21. The molecule has 0 saturated carbocycles. The fraction of sp³-hybridized carbons (Fsp3) is 0.722. The molecule has 2 aliphatic rings. The van der Waals surface area contributed by atoms with E-state index in [0.29, 0.717) is 70.7 Å². The third kappa shape index (κ3) is 53.0. The zero-order valence-corrected chi connectivity index (χ0v) is 46.4. The van der Waals surface area contributed by atoms with Gasteiger partial charge < -0.3 is 28.8 Å². The van der Waals surface area contributed by atoms with Gasteiger partial charge in [0.25, 0.3) is 0 Å². The Bertz CT molecular complexity index is 1080. The van der Waals surface area contributed by atoms with Crippen LogP contribution in [0.15, 0.2) is 70.6 Å². The van der Waals surface area contributed by atoms with Gasteiger partial charge in [-0.2, -0.15) is 0 Å². The van der Waals surface area contributed by atoms with Gasteiger partial charge in [-0.3, -0.25) is 4.79 Å². The Hall–Kier alpha value is -3.27. The second-order valence-electron chi connectivity index (χ2n) is 10.2. The molecule has 0 spiro atoms. The minimum Gasteiger partial charge on any atom is -0.475 e. The van der Waals surface area contributed by atoms with Gasteiger partial charge in [-0.05, 0) is 51.0 Å². The van der Waals surface area contributed by atoms with E-state index in [-0.39, 0.29) is 30.3 Å². The summed E-state index contributed by atoms with van der Waals surface area (Å²) in [7, 11) is 0. The molecule has 9 heteroatoms. The molecule has 63 heavy (non-hydrogen) atoms. The van der Waals surface area contributed by atoms with Crippen molar-refractivity contribution in [2.45, 2.75) is 223 Å². The predicted octanol–water partition coefficient (Wildman–Crippen LogP) is 15.9. The van der Waals surface area contributed by atoms with E-state index >= 15 is 0 Å². The molecule has 1 N–H and O–H groups in total. The number of aliphatic hydroxyl groups excluding tert-OH is 1. The van der Waals surface area contributed by atoms with Crippen LogP contribution in [0, 0.1) is 0 Å². The SMILES string of the molecule is CC.CC.CC.CC.CC.CC.CC.CC.CC.CC.CC.CCCC(=O)O[C@H](C)CCOC[C@@H]1COC(c2ccccc2)=N1.C[C@@H](O)CCOC[C@@H]1COC(c2ccccc2)=N1. The van der Waals surface area contributed by atoms with Crippen molar-refractivity contribution in [2.24, 2.45) is 9.98 Å². The zero-order chi connectivity index (χ0) is 51.3. The first-order chi connectivity index (χ1) is 30.9. The van der Waals surface area contributed by atoms with Gasteiger partial charge in [-0.1, -0.05) is 196 Å². The fourth-order valence-electron chi connectivity index (χ4n) is 3.97. The Morgan fingerprint density at radius 2 is 0.889 bits per heavy atom. The molecule has 9 nitrogen and oxygen atoms in total. The van der Waals surface area contributed by atoms with Crippen molar-refractivity contribution in [1.82, 2.24) is 0 Å². The lowest BCUT2D eigenvalue weighted by atomic mass is 10.2. The van der Waals surface area contributed by atoms with E-state index in [4.69, 9.17) is 28.8 Å². The average Bonchev–Trinajstić information content (AvgIpc) is 4.08. The maximum Gasteiger partial charge on any atom is 0.306 e. The van der Waals surface area contributed by atoms with E-state index in [0.717, 1.165) is 17.5 Å². The van der Waals surface area contributed by atoms with Crippen LogP contribution in [0.1, 0.15) is 210 Å². The van der Waals surface area contributed by atoms with Gasteiger partial charge in [-0.25, -0.2) is 9.98 Å². The smallest absolute Gasteiger partial charge is 0.306 e. The Morgan fingerprint density at radius 3 is 1.19 bits per heavy atom. The normalized spacial score (nSPS) is 13.5. The summed E-state index contributed by atoms with van der Waals surface area (Å²) in [4.78, 5) is 20.4. The molecular formula is C54H110N2O7. The number of aliphatic imine (C=N–C) groups is 2. The molecule has 0 bridgehead atoms. The molecule has 2 heterocycles. The molecule has 0 unspecified atom stereocenters. The van der Waals surface area contributed by atoms with Crippen LogP contribution < -0.4 is 0 Å². The third-order valence-electron chi connectivity index (χ3n) is 6.22. The van der Waals surface area contributed by atoms with Crippen LogP contribution in [-0.4, -0.2) is 86.8 Å². The molecule has 4 atom stereocenters. The average molecular weight is 899 g/mol. The number of nitrogens with zero attached hydrogens (tertiary/aromatic N) is 2. The molecule has 2 aromatic carbocycles. The molecule has 0 aromatic heterocycles. The maximum absolute atomic E-state index is 11.4. The third-order valence-corrected chi connectivity index (χ3v) is 6.22. The van der Waals surface area contributed by atoms with E-state index in [1.807, 2.05) is 227 Å². The lowest BCUT2D eigenvalue weighted by Gasteiger charge is -2.13. The van der Waals surface area contributed by atoms with Gasteiger partial charge in [0.2, 0.25) is 11.8 Å². The van der Waals surface area contributed by atoms with Crippen LogP contribution in [-0.2, 0) is 28.5 Å². The van der Waals surface area contributed by atoms with Gasteiger partial charge in [0.15, 0.2) is 0 Å². The summed E-state index contributed by atoms with van der Waals surface area (Å²) in [5.74, 6) is 1.24. The number of hydrogen-bond donors (Lipinski definition) is 1. The largest absolute Gasteiger partial charge is 0.475 e. The summed E-state index contributed by atoms with van der Waals surface area (Å²) in [5, 5.41) is 9.10. The Morgan fingerprint density at radius 1 is 0.571 bits per heavy atom. The van der Waals surface area contributed by atoms with Crippen LogP contribution in [0.5, 0.6) is 0 Å². The van der Waals surface area contributed by atoms with E-state index in [1.165, 1.54) is 0 Å². The molecule has 2 aromatic rings. The lowest BCUT2D eigenvalue weighted by molar-refractivity contribution is -0.149. The van der Waals surface area contributed by atoms with Crippen molar-refractivity contribution in [1.29, 1.82) is 0 Å². The first-order valence-electron chi connectivity index (χ1n) is 25.5. The summed E-state index contributed by atoms with van der Waals surface area (Å²) in [6.07, 6.45) is 2.21. The second kappa shape index (κ2) is 76.1. The topological polar surface area (TPSA) is 108 Å². The Labute approximate surface area is 394 Å². The minimum atomic E-state index is -0.312. The number of benzene rings is 2. The summed E-state index contributed by atoms with van der Waals surface area (Å²) in [6.45, 7) is 52.9. The van der Waals surface area contributed by atoms with Gasteiger partial charge in [0.05, 0.1) is 25.9 Å². The van der Waals surface area contributed by atoms with Crippen molar-refractivity contribution < 1.29 is 33.6 Å². The summed E-state index contributed by atoms with van der Waals surface area (Å²) < 4.78 is 27.5. The van der Waals surface area contributed by atoms with E-state index < -0.39 is 0 Å². The molecular weight excluding hydrogens is 789 g/mol. The maximum atomic E-state index is 11.4. The fourth-order valence-corrected chi connectivity index (χ4v) is 3.97. The molecule has 4 rings (SSSR count). The van der Waals surface area contributed by atoms with E-state index in [9.17, 15) is 4.79 Å². The molecule has 0 radical (unpaired) electrons. The van der Waals surface area contributed by atoms with Crippen LogP contribution in [0.25, 0.3) is 0 Å². The number of hydrogen-bond acceptors (Lipinski definition) is 9. The van der Waals surface area contributed by atoms with Gasteiger partial charge in [0, 0.05) is 30.6 Å². The summed E-state index contributed by atoms with van der Waals surface area (Å²) in [6, 6.07) is 19.8. The van der Waals surface area contributed by atoms with Crippen LogP contribution in [0.4, 0.5) is 0 Å². The highest BCUT2D eigenvalue weighted by Crippen LogP contribution is 2.14. The zero-order valence-electron chi connectivity index (χ0n) is 46.4. The number of rotatable bonds is 15. The van der Waals surface area contributed by atoms with Crippen LogP contribution in [0.2, 0.25) is 0 Å². The summed E-state index contributed by atoms with van der Waals surface area (Å²) in [5.41, 5.74) is 2.00. The Kier molecular flexibility index (Phi) is 96.6. The van der Waals surface area contributed by atoms with Gasteiger partial charge in [0.1, 0.15) is 31.4 Å². The second-order valence-corrected chi connectivity index (χ2v) is 10.2. The number of esters is 1. The standard InChI is InChI=1S/C18H25NO4.C14H19NO3.11C2H6/c1-3-7-17(20)23-14(2)10-11-21-12-16-13-22-18(19-16)15-8-5-4-6-9-15;1-11(16)7-8-17-9-13-10-18-14(15-13)12-5-3-2-4-6-12;11*1-2/h4-6,8-9,14,16H,3,7,10-13H2,1-2H3;2-6,11,13,16H,7-10H2,1H3;11*1-2H3/t14-,16-;11-,13-;;;;;;;;;;;/m11.........../s1. The monoisotopic (exact) mass is 899 g/mol. The lowest BCUT2D eigenvalue weighted by Crippen LogP contribution is -2.19. The summed E-state index contributed by atoms with van der Waals surface area (Å²) >= 11 is 0. The molecule has 378 valence electrons. The van der Waals surface area contributed by atoms with E-state index in [1.54, 1.807) is 6.92 Å². The Balaban J connectivity index is -0.0000000928.